The normalized spacial score (nSPS) is 10.4. The van der Waals surface area contributed by atoms with Crippen molar-refractivity contribution in [2.24, 2.45) is 0 Å². The average molecular weight is 254 g/mol. The van der Waals surface area contributed by atoms with Gasteiger partial charge in [-0.3, -0.25) is 0 Å². The Balaban J connectivity index is 1.71. The van der Waals surface area contributed by atoms with Crippen molar-refractivity contribution in [2.45, 2.75) is 33.1 Å². The topological polar surface area (TPSA) is 9.23 Å². The molecule has 0 atom stereocenters. The van der Waals surface area contributed by atoms with Crippen molar-refractivity contribution < 1.29 is 4.74 Å². The molecular formula is C18H22O. The van der Waals surface area contributed by atoms with Crippen LogP contribution in [0.5, 0.6) is 5.75 Å². The molecule has 0 N–H and O–H groups in total. The molecule has 0 amide bonds. The summed E-state index contributed by atoms with van der Waals surface area (Å²) >= 11 is 0. The van der Waals surface area contributed by atoms with Crippen molar-refractivity contribution in [1.29, 1.82) is 0 Å². The standard InChI is InChI=1S/C18H22O/c1-15-11-12-16(2)18(14-15)19-13-7-6-10-17-8-4-3-5-9-17/h3-5,8-9,11-12,14H,6-7,10,13H2,1-2H3. The van der Waals surface area contributed by atoms with Gasteiger partial charge in [0, 0.05) is 0 Å². The number of hydrogen-bond donors (Lipinski definition) is 0. The highest BCUT2D eigenvalue weighted by Gasteiger charge is 1.99. The summed E-state index contributed by atoms with van der Waals surface area (Å²) in [6.07, 6.45) is 3.41. The van der Waals surface area contributed by atoms with Crippen LogP contribution in [-0.2, 0) is 6.42 Å². The Kier molecular flexibility index (Phi) is 5.02. The predicted molar refractivity (Wildman–Crippen MR) is 80.8 cm³/mol. The minimum Gasteiger partial charge on any atom is -0.493 e. The third-order valence-corrected chi connectivity index (χ3v) is 3.30. The van der Waals surface area contributed by atoms with E-state index in [9.17, 15) is 0 Å². The Morgan fingerprint density at radius 1 is 0.895 bits per heavy atom. The van der Waals surface area contributed by atoms with E-state index in [4.69, 9.17) is 4.74 Å². The molecule has 0 bridgehead atoms. The first-order valence-corrected chi connectivity index (χ1v) is 7.00. The lowest BCUT2D eigenvalue weighted by Crippen LogP contribution is -2.00. The van der Waals surface area contributed by atoms with Crippen LogP contribution in [0.2, 0.25) is 0 Å². The first kappa shape index (κ1) is 13.7. The van der Waals surface area contributed by atoms with Gasteiger partial charge in [-0.05, 0) is 55.9 Å². The molecule has 0 aliphatic rings. The van der Waals surface area contributed by atoms with Crippen molar-refractivity contribution in [3.8, 4) is 5.75 Å². The number of ether oxygens (including phenoxy) is 1. The number of aryl methyl sites for hydroxylation is 3. The Morgan fingerprint density at radius 3 is 2.47 bits per heavy atom. The van der Waals surface area contributed by atoms with Crippen molar-refractivity contribution >= 4 is 0 Å². The molecule has 0 aliphatic heterocycles. The summed E-state index contributed by atoms with van der Waals surface area (Å²) < 4.78 is 5.86. The Hall–Kier alpha value is -1.76. The van der Waals surface area contributed by atoms with Gasteiger partial charge in [-0.25, -0.2) is 0 Å². The molecule has 100 valence electrons. The summed E-state index contributed by atoms with van der Waals surface area (Å²) in [7, 11) is 0. The van der Waals surface area contributed by atoms with Gasteiger partial charge < -0.3 is 4.74 Å². The Labute approximate surface area is 116 Å². The number of benzene rings is 2. The Morgan fingerprint density at radius 2 is 1.68 bits per heavy atom. The van der Waals surface area contributed by atoms with E-state index >= 15 is 0 Å². The van der Waals surface area contributed by atoms with E-state index in [1.54, 1.807) is 0 Å². The lowest BCUT2D eigenvalue weighted by molar-refractivity contribution is 0.305. The predicted octanol–water partition coefficient (Wildman–Crippen LogP) is 4.71. The molecule has 19 heavy (non-hydrogen) atoms. The van der Waals surface area contributed by atoms with E-state index in [2.05, 4.69) is 62.4 Å². The van der Waals surface area contributed by atoms with Crippen LogP contribution in [-0.4, -0.2) is 6.61 Å². The molecule has 1 heteroatoms. The van der Waals surface area contributed by atoms with Crippen LogP contribution in [0.1, 0.15) is 29.5 Å². The fourth-order valence-electron chi connectivity index (χ4n) is 2.12. The van der Waals surface area contributed by atoms with E-state index in [0.717, 1.165) is 25.2 Å². The zero-order valence-corrected chi connectivity index (χ0v) is 11.9. The summed E-state index contributed by atoms with van der Waals surface area (Å²) in [5, 5.41) is 0. The fraction of sp³-hybridized carbons (Fsp3) is 0.333. The number of hydrogen-bond acceptors (Lipinski definition) is 1. The zero-order valence-electron chi connectivity index (χ0n) is 11.9. The highest BCUT2D eigenvalue weighted by Crippen LogP contribution is 2.19. The number of unbranched alkanes of at least 4 members (excludes halogenated alkanes) is 1. The van der Waals surface area contributed by atoms with Gasteiger partial charge >= 0.3 is 0 Å². The van der Waals surface area contributed by atoms with Crippen LogP contribution < -0.4 is 4.74 Å². The van der Waals surface area contributed by atoms with Gasteiger partial charge in [-0.2, -0.15) is 0 Å². The zero-order chi connectivity index (χ0) is 13.5. The Bertz CT molecular complexity index is 502. The molecule has 0 heterocycles. The molecule has 0 aliphatic carbocycles. The largest absolute Gasteiger partial charge is 0.493 e. The van der Waals surface area contributed by atoms with Gasteiger partial charge in [0.15, 0.2) is 0 Å². The van der Waals surface area contributed by atoms with E-state index in [1.807, 2.05) is 0 Å². The molecular weight excluding hydrogens is 232 g/mol. The molecule has 2 aromatic carbocycles. The van der Waals surface area contributed by atoms with Crippen LogP contribution in [0.15, 0.2) is 48.5 Å². The lowest BCUT2D eigenvalue weighted by Gasteiger charge is -2.09. The van der Waals surface area contributed by atoms with Gasteiger partial charge in [-0.15, -0.1) is 0 Å². The molecule has 0 saturated carbocycles. The summed E-state index contributed by atoms with van der Waals surface area (Å²) in [5.74, 6) is 1.03. The second kappa shape index (κ2) is 6.98. The van der Waals surface area contributed by atoms with E-state index in [-0.39, 0.29) is 0 Å². The quantitative estimate of drug-likeness (QED) is 0.679. The monoisotopic (exact) mass is 254 g/mol. The third kappa shape index (κ3) is 4.44. The summed E-state index contributed by atoms with van der Waals surface area (Å²) in [6, 6.07) is 17.0. The molecule has 2 aromatic rings. The van der Waals surface area contributed by atoms with Gasteiger partial charge in [0.2, 0.25) is 0 Å². The van der Waals surface area contributed by atoms with Crippen molar-refractivity contribution in [3.63, 3.8) is 0 Å². The molecule has 0 saturated heterocycles. The van der Waals surface area contributed by atoms with E-state index in [1.165, 1.54) is 23.1 Å². The highest BCUT2D eigenvalue weighted by atomic mass is 16.5. The third-order valence-electron chi connectivity index (χ3n) is 3.30. The van der Waals surface area contributed by atoms with Crippen molar-refractivity contribution in [3.05, 3.63) is 65.2 Å². The molecule has 0 unspecified atom stereocenters. The highest BCUT2D eigenvalue weighted by molar-refractivity contribution is 5.35. The first-order chi connectivity index (χ1) is 9.25. The molecule has 1 nitrogen and oxygen atoms in total. The van der Waals surface area contributed by atoms with Gasteiger partial charge in [-0.1, -0.05) is 42.5 Å². The fourth-order valence-corrected chi connectivity index (χ4v) is 2.12. The van der Waals surface area contributed by atoms with Gasteiger partial charge in [0.05, 0.1) is 6.61 Å². The van der Waals surface area contributed by atoms with Gasteiger partial charge in [0.1, 0.15) is 5.75 Å². The molecule has 0 fully saturated rings. The summed E-state index contributed by atoms with van der Waals surface area (Å²) in [6.45, 7) is 5.00. The lowest BCUT2D eigenvalue weighted by atomic mass is 10.1. The average Bonchev–Trinajstić information content (AvgIpc) is 2.43. The van der Waals surface area contributed by atoms with Crippen LogP contribution in [0.3, 0.4) is 0 Å². The molecule has 0 spiro atoms. The summed E-state index contributed by atoms with van der Waals surface area (Å²) in [4.78, 5) is 0. The maximum absolute atomic E-state index is 5.86. The van der Waals surface area contributed by atoms with E-state index in [0.29, 0.717) is 0 Å². The molecule has 0 radical (unpaired) electrons. The first-order valence-electron chi connectivity index (χ1n) is 7.00. The summed E-state index contributed by atoms with van der Waals surface area (Å²) in [5.41, 5.74) is 3.88. The van der Waals surface area contributed by atoms with Gasteiger partial charge in [0.25, 0.3) is 0 Å². The molecule has 2 rings (SSSR count). The second-order valence-electron chi connectivity index (χ2n) is 5.06. The van der Waals surface area contributed by atoms with Crippen LogP contribution >= 0.6 is 0 Å². The minimum absolute atomic E-state index is 0.803. The maximum Gasteiger partial charge on any atom is 0.122 e. The van der Waals surface area contributed by atoms with Crippen LogP contribution in [0.25, 0.3) is 0 Å². The molecule has 0 aromatic heterocycles. The maximum atomic E-state index is 5.86. The van der Waals surface area contributed by atoms with Crippen molar-refractivity contribution in [1.82, 2.24) is 0 Å². The number of rotatable bonds is 6. The van der Waals surface area contributed by atoms with Crippen LogP contribution in [0.4, 0.5) is 0 Å². The smallest absolute Gasteiger partial charge is 0.122 e. The minimum atomic E-state index is 0.803. The van der Waals surface area contributed by atoms with E-state index < -0.39 is 0 Å². The van der Waals surface area contributed by atoms with Crippen LogP contribution in [0, 0.1) is 13.8 Å². The SMILES string of the molecule is Cc1ccc(C)c(OCCCCc2ccccc2)c1. The van der Waals surface area contributed by atoms with Crippen molar-refractivity contribution in [2.75, 3.05) is 6.61 Å². The second-order valence-corrected chi connectivity index (χ2v) is 5.06.